The molecule has 272 valence electrons. The number of aliphatic hydroxyl groups is 1. The molecule has 0 amide bonds. The number of rotatable bonds is 9. The van der Waals surface area contributed by atoms with Crippen LogP contribution in [0, 0.1) is 23.5 Å². The smallest absolute Gasteiger partial charge is 0.290 e. The van der Waals surface area contributed by atoms with Crippen molar-refractivity contribution in [3.63, 3.8) is 0 Å². The number of ketones is 2. The molecule has 0 spiro atoms. The van der Waals surface area contributed by atoms with E-state index in [0.717, 1.165) is 17.7 Å². The number of aryl methyl sites for hydroxylation is 1. The Labute approximate surface area is 292 Å². The number of pyridine rings is 1. The molecule has 14 heteroatoms. The highest BCUT2D eigenvalue weighted by Crippen LogP contribution is 2.52. The third-order valence-corrected chi connectivity index (χ3v) is 9.01. The van der Waals surface area contributed by atoms with Gasteiger partial charge in [0.1, 0.15) is 40.9 Å². The predicted molar refractivity (Wildman–Crippen MR) is 172 cm³/mol. The topological polar surface area (TPSA) is 85.1 Å². The maximum absolute atomic E-state index is 15.1. The third kappa shape index (κ3) is 7.65. The lowest BCUT2D eigenvalue weighted by atomic mass is 9.86. The molecule has 52 heavy (non-hydrogen) atoms. The lowest BCUT2D eigenvalue weighted by molar-refractivity contribution is -0.121. The molecule has 2 aromatic heterocycles. The highest BCUT2D eigenvalue weighted by molar-refractivity contribution is 6.01. The number of hydrogen-bond donors (Lipinski definition) is 1. The number of aromatic nitrogens is 3. The second-order valence-electron chi connectivity index (χ2n) is 13.6. The summed E-state index contributed by atoms with van der Waals surface area (Å²) in [6.07, 6.45) is -6.41. The molecular weight excluding hydrogens is 698 g/mol. The summed E-state index contributed by atoms with van der Waals surface area (Å²) in [5.41, 5.74) is -3.56. The largest absolute Gasteiger partial charge is 0.378 e. The van der Waals surface area contributed by atoms with E-state index in [1.54, 1.807) is 24.3 Å². The van der Waals surface area contributed by atoms with E-state index in [-0.39, 0.29) is 33.8 Å². The van der Waals surface area contributed by atoms with Gasteiger partial charge in [0.05, 0.1) is 11.3 Å². The summed E-state index contributed by atoms with van der Waals surface area (Å²) < 4.78 is 117. The second kappa shape index (κ2) is 13.6. The van der Waals surface area contributed by atoms with E-state index < -0.39 is 90.0 Å². The van der Waals surface area contributed by atoms with E-state index in [1.807, 2.05) is 0 Å². The SMILES string of the molecule is CC(C)(O)C#Cc1ccc(-c2ccc3c(c2)C(=O)CC3)c([C@@H](CC(=O)Cn2nc(C(F)F)c3c2C(F)(F)CCC3(F)F)Cc2cc(F)cc(F)c2)n1. The molecule has 6 nitrogen and oxygen atoms in total. The summed E-state index contributed by atoms with van der Waals surface area (Å²) in [6, 6.07) is 10.9. The summed E-state index contributed by atoms with van der Waals surface area (Å²) in [5, 5.41) is 13.6. The Hall–Kier alpha value is -4.90. The van der Waals surface area contributed by atoms with Crippen LogP contribution in [0.4, 0.5) is 35.1 Å². The Balaban J connectivity index is 1.47. The molecule has 0 fully saturated rings. The number of hydrogen-bond acceptors (Lipinski definition) is 5. The Kier molecular flexibility index (Phi) is 9.63. The molecule has 0 saturated carbocycles. The Morgan fingerprint density at radius 1 is 0.942 bits per heavy atom. The maximum Gasteiger partial charge on any atom is 0.290 e. The van der Waals surface area contributed by atoms with Gasteiger partial charge in [-0.15, -0.1) is 0 Å². The van der Waals surface area contributed by atoms with Gasteiger partial charge in [0, 0.05) is 48.8 Å². The Morgan fingerprint density at radius 2 is 1.63 bits per heavy atom. The zero-order valence-corrected chi connectivity index (χ0v) is 27.9. The van der Waals surface area contributed by atoms with Gasteiger partial charge >= 0.3 is 0 Å². The minimum atomic E-state index is -4.05. The second-order valence-corrected chi connectivity index (χ2v) is 13.6. The molecule has 2 aromatic carbocycles. The van der Waals surface area contributed by atoms with Crippen molar-refractivity contribution in [3.8, 4) is 23.0 Å². The van der Waals surface area contributed by atoms with Gasteiger partial charge in [-0.3, -0.25) is 14.3 Å². The molecule has 2 aliphatic carbocycles. The average molecular weight is 730 g/mol. The molecule has 1 atom stereocenters. The zero-order valence-electron chi connectivity index (χ0n) is 27.9. The molecule has 4 aromatic rings. The molecule has 0 radical (unpaired) electrons. The first-order valence-corrected chi connectivity index (χ1v) is 16.4. The van der Waals surface area contributed by atoms with Crippen molar-refractivity contribution in [1.29, 1.82) is 0 Å². The van der Waals surface area contributed by atoms with Crippen LogP contribution in [0.15, 0.2) is 48.5 Å². The molecule has 1 N–H and O–H groups in total. The number of Topliss-reactive ketones (excluding diaryl/α,β-unsaturated/α-hetero) is 2. The fourth-order valence-corrected chi connectivity index (χ4v) is 6.74. The zero-order chi connectivity index (χ0) is 37.7. The summed E-state index contributed by atoms with van der Waals surface area (Å²) in [4.78, 5) is 31.1. The van der Waals surface area contributed by atoms with E-state index in [0.29, 0.717) is 35.6 Å². The molecule has 0 bridgehead atoms. The quantitative estimate of drug-likeness (QED) is 0.138. The lowest BCUT2D eigenvalue weighted by Crippen LogP contribution is -2.33. The molecule has 2 aliphatic rings. The van der Waals surface area contributed by atoms with E-state index in [2.05, 4.69) is 21.9 Å². The normalized spacial score (nSPS) is 16.7. The number of alkyl halides is 6. The van der Waals surface area contributed by atoms with Crippen LogP contribution in [0.5, 0.6) is 0 Å². The van der Waals surface area contributed by atoms with Crippen LogP contribution in [0.25, 0.3) is 11.1 Å². The highest BCUT2D eigenvalue weighted by atomic mass is 19.3. The van der Waals surface area contributed by atoms with Crippen molar-refractivity contribution in [3.05, 3.63) is 105 Å². The molecule has 6 rings (SSSR count). The van der Waals surface area contributed by atoms with Gasteiger partial charge in [0.2, 0.25) is 0 Å². The van der Waals surface area contributed by atoms with E-state index in [1.165, 1.54) is 19.9 Å². The molecule has 0 aliphatic heterocycles. The van der Waals surface area contributed by atoms with Crippen molar-refractivity contribution in [1.82, 2.24) is 14.8 Å². The summed E-state index contributed by atoms with van der Waals surface area (Å²) in [7, 11) is 0. The first kappa shape index (κ1) is 36.9. The number of nitrogens with zero attached hydrogens (tertiary/aromatic N) is 3. The Morgan fingerprint density at radius 3 is 2.31 bits per heavy atom. The molecule has 0 unspecified atom stereocenters. The third-order valence-electron chi connectivity index (χ3n) is 9.01. The van der Waals surface area contributed by atoms with Crippen LogP contribution in [0.3, 0.4) is 0 Å². The summed E-state index contributed by atoms with van der Waals surface area (Å²) in [5.74, 6) is -6.64. The van der Waals surface area contributed by atoms with Gasteiger partial charge in [0.25, 0.3) is 18.3 Å². The number of carbonyl (C=O) groups excluding carboxylic acids is 2. The maximum atomic E-state index is 15.1. The van der Waals surface area contributed by atoms with Crippen LogP contribution in [0.1, 0.15) is 102 Å². The van der Waals surface area contributed by atoms with Crippen molar-refractivity contribution in [2.45, 2.75) is 88.7 Å². The fraction of sp³-hybridized carbons (Fsp3) is 0.368. The minimum absolute atomic E-state index is 0.0720. The number of benzene rings is 2. The lowest BCUT2D eigenvalue weighted by Gasteiger charge is -2.29. The molecular formula is C38H31F8N3O3. The van der Waals surface area contributed by atoms with Crippen LogP contribution in [-0.4, -0.2) is 37.0 Å². The predicted octanol–water partition coefficient (Wildman–Crippen LogP) is 8.38. The van der Waals surface area contributed by atoms with Crippen molar-refractivity contribution >= 4 is 11.6 Å². The summed E-state index contributed by atoms with van der Waals surface area (Å²) >= 11 is 0. The van der Waals surface area contributed by atoms with Gasteiger partial charge in [-0.05, 0) is 79.6 Å². The fourth-order valence-electron chi connectivity index (χ4n) is 6.74. The Bertz CT molecular complexity index is 2120. The highest BCUT2D eigenvalue weighted by Gasteiger charge is 2.55. The molecule has 2 heterocycles. The van der Waals surface area contributed by atoms with E-state index >= 15 is 8.78 Å². The number of carbonyl (C=O) groups is 2. The van der Waals surface area contributed by atoms with Crippen LogP contribution in [-0.2, 0) is 36.0 Å². The number of fused-ring (bicyclic) bond motifs is 2. The van der Waals surface area contributed by atoms with Crippen molar-refractivity contribution < 1.29 is 49.8 Å². The average Bonchev–Trinajstić information content (AvgIpc) is 3.63. The monoisotopic (exact) mass is 729 g/mol. The van der Waals surface area contributed by atoms with E-state index in [4.69, 9.17) is 0 Å². The van der Waals surface area contributed by atoms with Crippen LogP contribution in [0.2, 0.25) is 0 Å². The minimum Gasteiger partial charge on any atom is -0.378 e. The summed E-state index contributed by atoms with van der Waals surface area (Å²) in [6.45, 7) is 1.77. The number of halogens is 8. The van der Waals surface area contributed by atoms with E-state index in [9.17, 15) is 41.0 Å². The first-order chi connectivity index (χ1) is 24.3. The van der Waals surface area contributed by atoms with Crippen molar-refractivity contribution in [2.75, 3.05) is 0 Å². The van der Waals surface area contributed by atoms with Gasteiger partial charge in [-0.2, -0.15) is 13.9 Å². The first-order valence-electron chi connectivity index (χ1n) is 16.4. The van der Waals surface area contributed by atoms with Crippen LogP contribution >= 0.6 is 0 Å². The van der Waals surface area contributed by atoms with Gasteiger partial charge < -0.3 is 5.11 Å². The van der Waals surface area contributed by atoms with Crippen molar-refractivity contribution in [2.24, 2.45) is 0 Å². The van der Waals surface area contributed by atoms with Gasteiger partial charge in [0.15, 0.2) is 11.6 Å². The van der Waals surface area contributed by atoms with Gasteiger partial charge in [-0.25, -0.2) is 31.3 Å². The van der Waals surface area contributed by atoms with Gasteiger partial charge in [-0.1, -0.05) is 18.1 Å². The van der Waals surface area contributed by atoms with Crippen LogP contribution < -0.4 is 0 Å². The standard InChI is InChI=1S/C38H31F8N3O3/c1-36(2,52)10-9-26-6-7-28(22-4-3-21-5-8-30(51)29(21)17-22)32(47-26)23(13-20-14-24(39)18-25(40)15-20)16-27(50)19-49-34-31(33(48-49)35(41)42)37(43,44)11-12-38(34,45)46/h3-4,6-7,14-15,17-18,23,35,52H,5,8,11-13,16,19H2,1-2H3/t23-/m1/s1. The molecule has 0 saturated heterocycles.